The zero-order chi connectivity index (χ0) is 14.4. The fraction of sp³-hybridized carbons (Fsp3) is 0.267. The molecule has 0 aliphatic rings. The number of rotatable bonds is 6. The number of aromatic nitrogens is 1. The van der Waals surface area contributed by atoms with Gasteiger partial charge in [0.05, 0.1) is 5.69 Å². The summed E-state index contributed by atoms with van der Waals surface area (Å²) in [4.78, 5) is 0. The molecule has 0 amide bonds. The van der Waals surface area contributed by atoms with Crippen LogP contribution in [0.4, 0.5) is 0 Å². The predicted molar refractivity (Wildman–Crippen MR) is 80.3 cm³/mol. The van der Waals surface area contributed by atoms with Gasteiger partial charge in [0.2, 0.25) is 0 Å². The molecule has 0 atom stereocenters. The average Bonchev–Trinajstić information content (AvgIpc) is 2.84. The van der Waals surface area contributed by atoms with Gasteiger partial charge in [-0.25, -0.2) is 0 Å². The molecule has 0 aliphatic carbocycles. The first kappa shape index (κ1) is 14.6. The molecule has 0 unspecified atom stereocenters. The Balaban J connectivity index is 1.97. The Bertz CT molecular complexity index is 617. The summed E-state index contributed by atoms with van der Waals surface area (Å²) in [6.45, 7) is 3.43. The highest BCUT2D eigenvalue weighted by Crippen LogP contribution is 2.23. The van der Waals surface area contributed by atoms with Crippen LogP contribution in [0.15, 0.2) is 33.3 Å². The van der Waals surface area contributed by atoms with Crippen molar-refractivity contribution in [3.8, 4) is 18.1 Å². The van der Waals surface area contributed by atoms with Gasteiger partial charge >= 0.3 is 0 Å². The van der Waals surface area contributed by atoms with Crippen LogP contribution in [0.5, 0.6) is 5.75 Å². The highest BCUT2D eigenvalue weighted by atomic mass is 79.9. The number of benzene rings is 1. The first-order chi connectivity index (χ1) is 9.69. The maximum absolute atomic E-state index is 5.52. The van der Waals surface area contributed by atoms with E-state index in [1.54, 1.807) is 0 Å². The molecule has 5 heteroatoms. The van der Waals surface area contributed by atoms with E-state index in [1.807, 2.05) is 31.2 Å². The Labute approximate surface area is 126 Å². The maximum Gasteiger partial charge on any atom is 0.148 e. The molecule has 1 heterocycles. The minimum absolute atomic E-state index is 0.261. The molecule has 1 aromatic carbocycles. The second-order valence-corrected chi connectivity index (χ2v) is 5.19. The fourth-order valence-electron chi connectivity index (χ4n) is 1.77. The molecule has 4 nitrogen and oxygen atoms in total. The van der Waals surface area contributed by atoms with E-state index in [9.17, 15) is 0 Å². The van der Waals surface area contributed by atoms with E-state index >= 15 is 0 Å². The van der Waals surface area contributed by atoms with E-state index in [4.69, 9.17) is 15.7 Å². The third kappa shape index (κ3) is 4.12. The summed E-state index contributed by atoms with van der Waals surface area (Å²) in [5, 5.41) is 7.23. The number of aryl methyl sites for hydroxylation is 1. The van der Waals surface area contributed by atoms with Crippen molar-refractivity contribution < 1.29 is 9.26 Å². The summed E-state index contributed by atoms with van der Waals surface area (Å²) in [7, 11) is 0. The fourth-order valence-corrected chi connectivity index (χ4v) is 2.18. The average molecular weight is 335 g/mol. The van der Waals surface area contributed by atoms with Crippen LogP contribution in [0, 0.1) is 19.3 Å². The van der Waals surface area contributed by atoms with Crippen LogP contribution < -0.4 is 10.1 Å². The van der Waals surface area contributed by atoms with Crippen molar-refractivity contribution in [2.24, 2.45) is 0 Å². The van der Waals surface area contributed by atoms with E-state index in [0.717, 1.165) is 27.2 Å². The Morgan fingerprint density at radius 2 is 2.25 bits per heavy atom. The minimum Gasteiger partial charge on any atom is -0.481 e. The number of nitrogens with zero attached hydrogens (tertiary/aromatic N) is 1. The molecule has 0 bridgehead atoms. The summed E-state index contributed by atoms with van der Waals surface area (Å²) in [5.74, 6) is 4.06. The van der Waals surface area contributed by atoms with Crippen molar-refractivity contribution in [1.29, 1.82) is 0 Å². The minimum atomic E-state index is 0.261. The lowest BCUT2D eigenvalue weighted by Gasteiger charge is -2.10. The van der Waals surface area contributed by atoms with Crippen molar-refractivity contribution in [2.75, 3.05) is 6.61 Å². The summed E-state index contributed by atoms with van der Waals surface area (Å²) in [5.41, 5.74) is 1.92. The van der Waals surface area contributed by atoms with Crippen LogP contribution >= 0.6 is 15.9 Å². The normalized spacial score (nSPS) is 10.2. The molecule has 0 radical (unpaired) electrons. The van der Waals surface area contributed by atoms with Gasteiger partial charge in [-0.15, -0.1) is 6.42 Å². The van der Waals surface area contributed by atoms with E-state index in [1.165, 1.54) is 0 Å². The molecule has 0 fully saturated rings. The van der Waals surface area contributed by atoms with Crippen molar-refractivity contribution >= 4 is 15.9 Å². The van der Waals surface area contributed by atoms with Crippen molar-refractivity contribution in [3.05, 3.63) is 45.8 Å². The summed E-state index contributed by atoms with van der Waals surface area (Å²) >= 11 is 3.45. The van der Waals surface area contributed by atoms with E-state index < -0.39 is 0 Å². The zero-order valence-electron chi connectivity index (χ0n) is 11.1. The van der Waals surface area contributed by atoms with Gasteiger partial charge in [0.1, 0.15) is 18.1 Å². The summed E-state index contributed by atoms with van der Waals surface area (Å²) < 4.78 is 11.5. The molecular weight excluding hydrogens is 320 g/mol. The summed E-state index contributed by atoms with van der Waals surface area (Å²) in [6.07, 6.45) is 5.22. The van der Waals surface area contributed by atoms with Gasteiger partial charge < -0.3 is 14.6 Å². The van der Waals surface area contributed by atoms with Gasteiger partial charge in [0, 0.05) is 29.2 Å². The van der Waals surface area contributed by atoms with Crippen LogP contribution in [-0.2, 0) is 13.1 Å². The monoisotopic (exact) mass is 334 g/mol. The van der Waals surface area contributed by atoms with Gasteiger partial charge in [-0.2, -0.15) is 0 Å². The number of nitrogens with one attached hydrogen (secondary N) is 1. The number of ether oxygens (including phenoxy) is 1. The van der Waals surface area contributed by atoms with Crippen molar-refractivity contribution in [1.82, 2.24) is 10.5 Å². The molecule has 2 rings (SSSR count). The first-order valence-corrected chi connectivity index (χ1v) is 6.96. The SMILES string of the molecule is C#CCOc1ccc(Br)cc1CNCc1cc(C)on1. The standard InChI is InChI=1S/C15H15BrN2O2/c1-3-6-19-15-5-4-13(16)8-12(15)9-17-10-14-7-11(2)20-18-14/h1,4-5,7-8,17H,6,9-10H2,2H3. The number of hydrogen-bond acceptors (Lipinski definition) is 4. The van der Waals surface area contributed by atoms with Crippen LogP contribution in [0.3, 0.4) is 0 Å². The number of terminal acetylenes is 1. The van der Waals surface area contributed by atoms with E-state index in [-0.39, 0.29) is 6.61 Å². The van der Waals surface area contributed by atoms with Crippen LogP contribution in [-0.4, -0.2) is 11.8 Å². The molecule has 104 valence electrons. The van der Waals surface area contributed by atoms with E-state index in [0.29, 0.717) is 13.1 Å². The predicted octanol–water partition coefficient (Wildman–Crippen LogP) is 3.05. The van der Waals surface area contributed by atoms with Crippen LogP contribution in [0.25, 0.3) is 0 Å². The van der Waals surface area contributed by atoms with Crippen LogP contribution in [0.2, 0.25) is 0 Å². The Morgan fingerprint density at radius 1 is 1.40 bits per heavy atom. The molecular formula is C15H15BrN2O2. The number of hydrogen-bond donors (Lipinski definition) is 1. The topological polar surface area (TPSA) is 47.3 Å². The third-order valence-corrected chi connectivity index (χ3v) is 3.13. The maximum atomic E-state index is 5.52. The Kier molecular flexibility index (Phi) is 5.22. The largest absolute Gasteiger partial charge is 0.481 e. The van der Waals surface area contributed by atoms with Crippen molar-refractivity contribution in [2.45, 2.75) is 20.0 Å². The summed E-state index contributed by atoms with van der Waals surface area (Å²) in [6, 6.07) is 7.74. The molecule has 0 saturated heterocycles. The zero-order valence-corrected chi connectivity index (χ0v) is 12.7. The highest BCUT2D eigenvalue weighted by molar-refractivity contribution is 9.10. The molecule has 1 N–H and O–H groups in total. The molecule has 0 saturated carbocycles. The van der Waals surface area contributed by atoms with Gasteiger partial charge in [-0.05, 0) is 25.1 Å². The molecule has 0 aliphatic heterocycles. The van der Waals surface area contributed by atoms with Crippen LogP contribution in [0.1, 0.15) is 17.0 Å². The third-order valence-electron chi connectivity index (χ3n) is 2.63. The Morgan fingerprint density at radius 3 is 2.95 bits per heavy atom. The lowest BCUT2D eigenvalue weighted by atomic mass is 10.2. The lowest BCUT2D eigenvalue weighted by Crippen LogP contribution is -2.14. The van der Waals surface area contributed by atoms with Gasteiger partial charge in [0.25, 0.3) is 0 Å². The lowest BCUT2D eigenvalue weighted by molar-refractivity contribution is 0.364. The van der Waals surface area contributed by atoms with Gasteiger partial charge in [-0.3, -0.25) is 0 Å². The second-order valence-electron chi connectivity index (χ2n) is 4.28. The van der Waals surface area contributed by atoms with E-state index in [2.05, 4.69) is 32.3 Å². The number of halogens is 1. The first-order valence-electron chi connectivity index (χ1n) is 6.16. The highest BCUT2D eigenvalue weighted by Gasteiger charge is 2.05. The molecule has 0 spiro atoms. The smallest absolute Gasteiger partial charge is 0.148 e. The molecule has 1 aromatic heterocycles. The molecule has 2 aromatic rings. The van der Waals surface area contributed by atoms with Crippen molar-refractivity contribution in [3.63, 3.8) is 0 Å². The second kappa shape index (κ2) is 7.13. The Hall–Kier alpha value is -1.77. The molecule has 20 heavy (non-hydrogen) atoms. The van der Waals surface area contributed by atoms with Gasteiger partial charge in [0.15, 0.2) is 0 Å². The van der Waals surface area contributed by atoms with Gasteiger partial charge in [-0.1, -0.05) is 27.0 Å². The quantitative estimate of drug-likeness (QED) is 0.825.